The monoisotopic (exact) mass is 377 g/mol. The van der Waals surface area contributed by atoms with Gasteiger partial charge in [0.05, 0.1) is 7.11 Å². The molecule has 0 fully saturated rings. The van der Waals surface area contributed by atoms with E-state index in [0.29, 0.717) is 0 Å². The summed E-state index contributed by atoms with van der Waals surface area (Å²) in [4.78, 5) is 12.8. The highest BCUT2D eigenvalue weighted by Crippen LogP contribution is 2.37. The van der Waals surface area contributed by atoms with Crippen LogP contribution < -0.4 is 4.74 Å². The van der Waals surface area contributed by atoms with E-state index < -0.39 is 0 Å². The van der Waals surface area contributed by atoms with Gasteiger partial charge in [-0.3, -0.25) is 9.36 Å². The Kier molecular flexibility index (Phi) is 5.59. The molecule has 0 amide bonds. The third kappa shape index (κ3) is 4.28. The molecule has 0 saturated carbocycles. The molecule has 4 heteroatoms. The van der Waals surface area contributed by atoms with Crippen molar-refractivity contribution in [1.29, 1.82) is 0 Å². The lowest BCUT2D eigenvalue weighted by Gasteiger charge is -2.24. The fourth-order valence-electron chi connectivity index (χ4n) is 3.32. The molecule has 1 N–H and O–H groups in total. The largest absolute Gasteiger partial charge is 0.508 e. The number of hydrogen-bond acceptors (Lipinski definition) is 3. The van der Waals surface area contributed by atoms with Gasteiger partial charge in [0.1, 0.15) is 11.5 Å². The molecule has 28 heavy (non-hydrogen) atoms. The first-order valence-electron chi connectivity index (χ1n) is 9.43. The molecule has 0 saturated heterocycles. The number of hydrogen-bond donors (Lipinski definition) is 1. The topological polar surface area (TPSA) is 51.5 Å². The number of phenolic OH excluding ortho intramolecular Hbond substituents is 1. The van der Waals surface area contributed by atoms with E-state index in [1.165, 1.54) is 0 Å². The minimum Gasteiger partial charge on any atom is -0.508 e. The standard InChI is InChI=1S/C24H27NO3/c1-24(2,3)18-9-12-22(26)21(15-18)20(16-23(27)25-13-5-6-14-25)17-7-10-19(28-4)11-8-17/h5-15,20,26H,16H2,1-4H3. The van der Waals surface area contributed by atoms with Crippen LogP contribution in [0.15, 0.2) is 67.0 Å². The van der Waals surface area contributed by atoms with Gasteiger partial charge in [0.15, 0.2) is 0 Å². The van der Waals surface area contributed by atoms with Gasteiger partial charge in [0, 0.05) is 30.3 Å². The van der Waals surface area contributed by atoms with E-state index >= 15 is 0 Å². The minimum absolute atomic E-state index is 0.0219. The average molecular weight is 377 g/mol. The molecule has 4 nitrogen and oxygen atoms in total. The summed E-state index contributed by atoms with van der Waals surface area (Å²) in [5.74, 6) is 0.676. The van der Waals surface area contributed by atoms with Crippen molar-refractivity contribution in [3.05, 3.63) is 83.7 Å². The van der Waals surface area contributed by atoms with Gasteiger partial charge in [-0.2, -0.15) is 0 Å². The number of methoxy groups -OCH3 is 1. The minimum atomic E-state index is -0.261. The van der Waals surface area contributed by atoms with E-state index in [1.807, 2.05) is 48.5 Å². The van der Waals surface area contributed by atoms with Crippen LogP contribution in [0.4, 0.5) is 0 Å². The Labute approximate surface area is 166 Å². The Hall–Kier alpha value is -3.01. The lowest BCUT2D eigenvalue weighted by molar-refractivity contribution is 0.0897. The molecule has 0 aliphatic heterocycles. The van der Waals surface area contributed by atoms with Gasteiger partial charge >= 0.3 is 0 Å². The molecule has 0 spiro atoms. The lowest BCUT2D eigenvalue weighted by atomic mass is 9.81. The maximum Gasteiger partial charge on any atom is 0.231 e. The van der Waals surface area contributed by atoms with Crippen LogP contribution in [0.3, 0.4) is 0 Å². The molecule has 1 unspecified atom stereocenters. The zero-order valence-corrected chi connectivity index (χ0v) is 16.8. The third-order valence-corrected chi connectivity index (χ3v) is 5.06. The molecule has 3 rings (SSSR count). The van der Waals surface area contributed by atoms with Crippen LogP contribution >= 0.6 is 0 Å². The molecule has 1 aromatic heterocycles. The summed E-state index contributed by atoms with van der Waals surface area (Å²) in [6.07, 6.45) is 3.75. The van der Waals surface area contributed by atoms with Crippen molar-refractivity contribution in [2.24, 2.45) is 0 Å². The molecule has 146 valence electrons. The predicted octanol–water partition coefficient (Wildman–Crippen LogP) is 5.36. The molecule has 0 aliphatic carbocycles. The number of nitrogens with zero attached hydrogens (tertiary/aromatic N) is 1. The fourth-order valence-corrected chi connectivity index (χ4v) is 3.32. The van der Waals surface area contributed by atoms with Crippen LogP contribution in [0.1, 0.15) is 54.6 Å². The summed E-state index contributed by atoms with van der Waals surface area (Å²) in [5, 5.41) is 10.6. The van der Waals surface area contributed by atoms with E-state index in [4.69, 9.17) is 4.74 Å². The molecule has 1 atom stereocenters. The van der Waals surface area contributed by atoms with Gasteiger partial charge in [-0.15, -0.1) is 0 Å². The number of phenols is 1. The summed E-state index contributed by atoms with van der Waals surface area (Å²) in [5.41, 5.74) is 2.78. The Balaban J connectivity index is 2.06. The lowest BCUT2D eigenvalue weighted by Crippen LogP contribution is -2.16. The van der Waals surface area contributed by atoms with E-state index in [1.54, 1.807) is 30.1 Å². The maximum atomic E-state index is 12.8. The first kappa shape index (κ1) is 19.7. The molecule has 3 aromatic rings. The first-order chi connectivity index (χ1) is 13.3. The van der Waals surface area contributed by atoms with Crippen molar-refractivity contribution in [3.8, 4) is 11.5 Å². The van der Waals surface area contributed by atoms with Gasteiger partial charge in [-0.05, 0) is 46.9 Å². The van der Waals surface area contributed by atoms with Crippen LogP contribution in [0.25, 0.3) is 0 Å². The van der Waals surface area contributed by atoms with Crippen molar-refractivity contribution in [3.63, 3.8) is 0 Å². The molecule has 0 radical (unpaired) electrons. The zero-order valence-electron chi connectivity index (χ0n) is 16.8. The highest BCUT2D eigenvalue weighted by Gasteiger charge is 2.24. The van der Waals surface area contributed by atoms with E-state index in [0.717, 1.165) is 22.4 Å². The van der Waals surface area contributed by atoms with Crippen molar-refractivity contribution in [2.75, 3.05) is 7.11 Å². The molecule has 0 aliphatic rings. The number of carbonyl (C=O) groups excluding carboxylic acids is 1. The second-order valence-corrected chi connectivity index (χ2v) is 8.04. The molecule has 2 aromatic carbocycles. The number of rotatable bonds is 5. The van der Waals surface area contributed by atoms with Gasteiger partial charge in [-0.1, -0.05) is 45.0 Å². The zero-order chi connectivity index (χ0) is 20.3. The van der Waals surface area contributed by atoms with E-state index in [-0.39, 0.29) is 29.4 Å². The highest BCUT2D eigenvalue weighted by atomic mass is 16.5. The van der Waals surface area contributed by atoms with Crippen LogP contribution in [0.5, 0.6) is 11.5 Å². The van der Waals surface area contributed by atoms with Crippen LogP contribution in [0, 0.1) is 0 Å². The maximum absolute atomic E-state index is 12.8. The Morgan fingerprint density at radius 1 is 1.07 bits per heavy atom. The normalized spacial score (nSPS) is 12.6. The summed E-state index contributed by atoms with van der Waals surface area (Å²) >= 11 is 0. The van der Waals surface area contributed by atoms with Gasteiger partial charge in [-0.25, -0.2) is 0 Å². The summed E-state index contributed by atoms with van der Waals surface area (Å²) in [6, 6.07) is 17.0. The smallest absolute Gasteiger partial charge is 0.231 e. The van der Waals surface area contributed by atoms with Crippen molar-refractivity contribution >= 4 is 5.91 Å². The van der Waals surface area contributed by atoms with Gasteiger partial charge in [0.2, 0.25) is 5.91 Å². The van der Waals surface area contributed by atoms with Gasteiger partial charge in [0.25, 0.3) is 0 Å². The Morgan fingerprint density at radius 3 is 2.29 bits per heavy atom. The number of aromatic hydroxyl groups is 1. The molecular formula is C24H27NO3. The van der Waals surface area contributed by atoms with Crippen molar-refractivity contribution in [1.82, 2.24) is 4.57 Å². The highest BCUT2D eigenvalue weighted by molar-refractivity contribution is 5.80. The van der Waals surface area contributed by atoms with Gasteiger partial charge < -0.3 is 9.84 Å². The second-order valence-electron chi connectivity index (χ2n) is 8.04. The summed E-state index contributed by atoms with van der Waals surface area (Å²) in [6.45, 7) is 6.41. The third-order valence-electron chi connectivity index (χ3n) is 5.06. The van der Waals surface area contributed by atoms with Crippen LogP contribution in [-0.4, -0.2) is 22.7 Å². The van der Waals surface area contributed by atoms with Crippen LogP contribution in [0.2, 0.25) is 0 Å². The van der Waals surface area contributed by atoms with Crippen molar-refractivity contribution < 1.29 is 14.6 Å². The number of carbonyl (C=O) groups is 1. The molecule has 0 bridgehead atoms. The summed E-state index contributed by atoms with van der Waals surface area (Å²) < 4.78 is 6.85. The average Bonchev–Trinajstić information content (AvgIpc) is 3.21. The molecular weight excluding hydrogens is 350 g/mol. The Bertz CT molecular complexity index is 935. The first-order valence-corrected chi connectivity index (χ1v) is 9.43. The second kappa shape index (κ2) is 7.93. The van der Waals surface area contributed by atoms with E-state index in [2.05, 4.69) is 20.8 Å². The van der Waals surface area contributed by atoms with E-state index in [9.17, 15) is 9.90 Å². The predicted molar refractivity (Wildman–Crippen MR) is 111 cm³/mol. The fraction of sp³-hybridized carbons (Fsp3) is 0.292. The number of ether oxygens (including phenoxy) is 1. The van der Waals surface area contributed by atoms with Crippen molar-refractivity contribution in [2.45, 2.75) is 38.5 Å². The SMILES string of the molecule is COc1ccc(C(CC(=O)n2cccc2)c2cc(C(C)(C)C)ccc2O)cc1. The number of benzene rings is 2. The van der Waals surface area contributed by atoms with Crippen LogP contribution in [-0.2, 0) is 5.41 Å². The molecule has 1 heterocycles. The summed E-state index contributed by atoms with van der Waals surface area (Å²) in [7, 11) is 1.63. The Morgan fingerprint density at radius 2 is 1.71 bits per heavy atom. The quantitative estimate of drug-likeness (QED) is 0.651. The number of aromatic nitrogens is 1.